The highest BCUT2D eigenvalue weighted by atomic mass is 35.5. The molecule has 7 nitrogen and oxygen atoms in total. The van der Waals surface area contributed by atoms with E-state index in [0.717, 1.165) is 11.3 Å². The van der Waals surface area contributed by atoms with E-state index in [1.54, 1.807) is 43.0 Å². The van der Waals surface area contributed by atoms with Crippen LogP contribution in [0.1, 0.15) is 32.0 Å². The number of imidazole rings is 1. The molecule has 4 rings (SSSR count). The van der Waals surface area contributed by atoms with Crippen LogP contribution in [0.25, 0.3) is 5.65 Å². The maximum absolute atomic E-state index is 12.5. The van der Waals surface area contributed by atoms with Gasteiger partial charge in [0, 0.05) is 29.4 Å². The zero-order chi connectivity index (χ0) is 23.4. The van der Waals surface area contributed by atoms with Gasteiger partial charge in [0.15, 0.2) is 5.65 Å². The molecule has 2 aromatic carbocycles. The molecule has 2 heterocycles. The van der Waals surface area contributed by atoms with Crippen molar-refractivity contribution >= 4 is 52.3 Å². The Balaban J connectivity index is 1.41. The number of hydrazine groups is 1. The maximum atomic E-state index is 12.5. The molecule has 0 aliphatic rings. The Morgan fingerprint density at radius 1 is 1.00 bits per heavy atom. The highest BCUT2D eigenvalue weighted by Crippen LogP contribution is 2.28. The minimum Gasteiger partial charge on any atom is -0.290 e. The van der Waals surface area contributed by atoms with Crippen molar-refractivity contribution < 1.29 is 9.59 Å². The molecule has 0 atom stereocenters. The summed E-state index contributed by atoms with van der Waals surface area (Å²) in [6, 6.07) is 9.69. The van der Waals surface area contributed by atoms with E-state index in [4.69, 9.17) is 34.8 Å². The Bertz CT molecular complexity index is 1420. The molecule has 33 heavy (non-hydrogen) atoms. The van der Waals surface area contributed by atoms with Gasteiger partial charge in [0.2, 0.25) is 0 Å². The molecule has 2 aromatic heterocycles. The molecule has 164 valence electrons. The van der Waals surface area contributed by atoms with E-state index in [1.165, 1.54) is 12.1 Å². The molecule has 0 radical (unpaired) electrons. The van der Waals surface area contributed by atoms with Crippen LogP contribution in [0.3, 0.4) is 0 Å². The monoisotopic (exact) mass is 497 g/mol. The molecular formula is C23H14Cl3N5O2. The third kappa shape index (κ3) is 5.26. The van der Waals surface area contributed by atoms with Crippen LogP contribution in [0, 0.1) is 11.8 Å². The first-order chi connectivity index (χ1) is 15.9. The minimum absolute atomic E-state index is 0.00948. The van der Waals surface area contributed by atoms with E-state index in [2.05, 4.69) is 32.7 Å². The number of rotatable bonds is 3. The number of benzene rings is 2. The second-order valence-corrected chi connectivity index (χ2v) is 8.03. The fourth-order valence-electron chi connectivity index (χ4n) is 3.00. The number of amides is 2. The first-order valence-electron chi connectivity index (χ1n) is 9.52. The van der Waals surface area contributed by atoms with Gasteiger partial charge in [-0.25, -0.2) is 4.98 Å². The molecule has 0 saturated carbocycles. The maximum Gasteiger partial charge on any atom is 0.272 e. The molecule has 0 saturated heterocycles. The van der Waals surface area contributed by atoms with Crippen LogP contribution >= 0.6 is 34.8 Å². The minimum atomic E-state index is -0.666. The Morgan fingerprint density at radius 2 is 1.76 bits per heavy atom. The van der Waals surface area contributed by atoms with Crippen molar-refractivity contribution in [2.45, 2.75) is 6.42 Å². The smallest absolute Gasteiger partial charge is 0.272 e. The van der Waals surface area contributed by atoms with Crippen molar-refractivity contribution in [2.24, 2.45) is 0 Å². The normalized spacial score (nSPS) is 10.4. The zero-order valence-electron chi connectivity index (χ0n) is 16.8. The number of aromatic nitrogens is 3. The molecule has 0 unspecified atom stereocenters. The molecular weight excluding hydrogens is 485 g/mol. The van der Waals surface area contributed by atoms with Gasteiger partial charge in [-0.1, -0.05) is 52.9 Å². The number of halogens is 3. The molecule has 4 aromatic rings. The van der Waals surface area contributed by atoms with Gasteiger partial charge in [0.05, 0.1) is 28.0 Å². The second kappa shape index (κ2) is 9.92. The average molecular weight is 499 g/mol. The van der Waals surface area contributed by atoms with Crippen LogP contribution in [0.5, 0.6) is 0 Å². The van der Waals surface area contributed by atoms with Gasteiger partial charge in [-0.15, -0.1) is 0 Å². The summed E-state index contributed by atoms with van der Waals surface area (Å²) < 4.78 is 1.84. The summed E-state index contributed by atoms with van der Waals surface area (Å²) in [5, 5.41) is 0.438. The highest BCUT2D eigenvalue weighted by molar-refractivity contribution is 6.42. The van der Waals surface area contributed by atoms with E-state index < -0.39 is 11.8 Å². The lowest BCUT2D eigenvalue weighted by Crippen LogP contribution is -2.41. The van der Waals surface area contributed by atoms with Crippen molar-refractivity contribution in [2.75, 3.05) is 0 Å². The Hall–Kier alpha value is -3.57. The van der Waals surface area contributed by atoms with E-state index in [1.807, 2.05) is 10.5 Å². The lowest BCUT2D eigenvalue weighted by atomic mass is 10.1. The number of hydrogen-bond donors (Lipinski definition) is 2. The van der Waals surface area contributed by atoms with Gasteiger partial charge in [0.25, 0.3) is 11.8 Å². The number of carbonyl (C=O) groups is 2. The highest BCUT2D eigenvalue weighted by Gasteiger charge is 2.17. The number of carbonyl (C=O) groups excluding carboxylic acids is 2. The lowest BCUT2D eigenvalue weighted by molar-refractivity contribution is 0.0847. The Kier molecular flexibility index (Phi) is 6.80. The second-order valence-electron chi connectivity index (χ2n) is 6.78. The van der Waals surface area contributed by atoms with E-state index in [-0.39, 0.29) is 15.6 Å². The van der Waals surface area contributed by atoms with Gasteiger partial charge in [-0.3, -0.25) is 29.8 Å². The van der Waals surface area contributed by atoms with E-state index >= 15 is 0 Å². The molecule has 0 fully saturated rings. The molecule has 0 spiro atoms. The topological polar surface area (TPSA) is 88.4 Å². The molecule has 10 heteroatoms. The van der Waals surface area contributed by atoms with Crippen LogP contribution in [-0.2, 0) is 6.42 Å². The number of fused-ring (bicyclic) bond motifs is 1. The fourth-order valence-corrected chi connectivity index (χ4v) is 3.99. The summed E-state index contributed by atoms with van der Waals surface area (Å²) in [6.45, 7) is 0. The molecule has 2 N–H and O–H groups in total. The number of hydrogen-bond acceptors (Lipinski definition) is 4. The van der Waals surface area contributed by atoms with E-state index in [0.29, 0.717) is 22.7 Å². The van der Waals surface area contributed by atoms with Crippen LogP contribution < -0.4 is 10.9 Å². The van der Waals surface area contributed by atoms with Crippen molar-refractivity contribution in [3.63, 3.8) is 0 Å². The first kappa shape index (κ1) is 22.6. The summed E-state index contributed by atoms with van der Waals surface area (Å²) in [7, 11) is 0. The van der Waals surface area contributed by atoms with Crippen molar-refractivity contribution in [3.05, 3.63) is 98.6 Å². The Labute approximate surface area is 203 Å². The first-order valence-corrected chi connectivity index (χ1v) is 10.7. The summed E-state index contributed by atoms with van der Waals surface area (Å²) in [5.74, 6) is 4.97. The summed E-state index contributed by atoms with van der Waals surface area (Å²) in [5.41, 5.74) is 7.30. The van der Waals surface area contributed by atoms with Gasteiger partial charge >= 0.3 is 0 Å². The predicted octanol–water partition coefficient (Wildman–Crippen LogP) is 4.36. The van der Waals surface area contributed by atoms with Crippen LogP contribution in [0.4, 0.5) is 0 Å². The summed E-state index contributed by atoms with van der Waals surface area (Å²) in [4.78, 5) is 33.1. The van der Waals surface area contributed by atoms with Crippen LogP contribution in [-0.4, -0.2) is 26.2 Å². The van der Waals surface area contributed by atoms with Crippen molar-refractivity contribution in [1.82, 2.24) is 25.2 Å². The molecule has 0 aliphatic heterocycles. The summed E-state index contributed by atoms with van der Waals surface area (Å²) in [6.07, 6.45) is 7.20. The SMILES string of the molecule is O=C(NNC(=O)c1c(Cl)cc(Cl)cc1Cl)c1cccc(CC#Cc2cnc3cnccn23)c1. The van der Waals surface area contributed by atoms with Crippen molar-refractivity contribution in [3.8, 4) is 11.8 Å². The average Bonchev–Trinajstić information content (AvgIpc) is 3.20. The van der Waals surface area contributed by atoms with E-state index in [9.17, 15) is 9.59 Å². The Morgan fingerprint density at radius 3 is 2.55 bits per heavy atom. The molecule has 2 amide bonds. The number of nitrogens with one attached hydrogen (secondary N) is 2. The quantitative estimate of drug-likeness (QED) is 0.324. The lowest BCUT2D eigenvalue weighted by Gasteiger charge is -2.10. The largest absolute Gasteiger partial charge is 0.290 e. The fraction of sp³-hybridized carbons (Fsp3) is 0.0435. The van der Waals surface area contributed by atoms with Crippen LogP contribution in [0.2, 0.25) is 15.1 Å². The van der Waals surface area contributed by atoms with Crippen LogP contribution in [0.15, 0.2) is 61.2 Å². The number of nitrogens with zero attached hydrogens (tertiary/aromatic N) is 3. The third-order valence-electron chi connectivity index (χ3n) is 4.54. The van der Waals surface area contributed by atoms with Gasteiger partial charge in [-0.05, 0) is 35.7 Å². The predicted molar refractivity (Wildman–Crippen MR) is 126 cm³/mol. The molecule has 0 aliphatic carbocycles. The van der Waals surface area contributed by atoms with Gasteiger partial charge < -0.3 is 0 Å². The zero-order valence-corrected chi connectivity index (χ0v) is 19.0. The third-order valence-corrected chi connectivity index (χ3v) is 5.35. The standard InChI is InChI=1S/C23H14Cl3N5O2/c24-16-10-18(25)21(19(26)11-16)23(33)30-29-22(32)15-5-1-3-14(9-15)4-2-6-17-12-28-20-13-27-7-8-31(17)20/h1,3,5,7-13H,4H2,(H,29,32)(H,30,33). The molecule has 0 bridgehead atoms. The van der Waals surface area contributed by atoms with Gasteiger partial charge in [-0.2, -0.15) is 0 Å². The van der Waals surface area contributed by atoms with Gasteiger partial charge in [0.1, 0.15) is 5.69 Å². The van der Waals surface area contributed by atoms with Crippen molar-refractivity contribution in [1.29, 1.82) is 0 Å². The summed E-state index contributed by atoms with van der Waals surface area (Å²) >= 11 is 17.9.